The Hall–Kier alpha value is -2.34. The maximum atomic E-state index is 12.4. The summed E-state index contributed by atoms with van der Waals surface area (Å²) in [5, 5.41) is 2.89. The van der Waals surface area contributed by atoms with Crippen molar-refractivity contribution in [2.75, 3.05) is 17.1 Å². The van der Waals surface area contributed by atoms with Gasteiger partial charge in [0.2, 0.25) is 15.9 Å². The van der Waals surface area contributed by atoms with E-state index in [0.29, 0.717) is 5.69 Å². The molecule has 2 aromatic rings. The van der Waals surface area contributed by atoms with Crippen LogP contribution in [0.1, 0.15) is 24.5 Å². The second-order valence-corrected chi connectivity index (χ2v) is 8.51. The topological polar surface area (TPSA) is 66.5 Å². The summed E-state index contributed by atoms with van der Waals surface area (Å²) in [5.74, 6) is -0.308. The van der Waals surface area contributed by atoms with Gasteiger partial charge in [-0.3, -0.25) is 9.10 Å². The number of anilines is 1. The minimum absolute atomic E-state index is 0.0402. The zero-order valence-electron chi connectivity index (χ0n) is 15.5. The van der Waals surface area contributed by atoms with E-state index < -0.39 is 10.0 Å². The molecule has 6 heteroatoms. The Morgan fingerprint density at radius 1 is 1.12 bits per heavy atom. The quantitative estimate of drug-likeness (QED) is 0.773. The summed E-state index contributed by atoms with van der Waals surface area (Å²) in [6, 6.07) is 17.1. The molecule has 0 fully saturated rings. The van der Waals surface area contributed by atoms with Crippen LogP contribution in [0.25, 0.3) is 0 Å². The largest absolute Gasteiger partial charge is 0.352 e. The van der Waals surface area contributed by atoms with Gasteiger partial charge in [-0.25, -0.2) is 8.42 Å². The molecule has 1 N–H and O–H groups in total. The van der Waals surface area contributed by atoms with Gasteiger partial charge in [-0.2, -0.15) is 0 Å². The standard InChI is InChI=1S/C20H26N2O3S/c1-16-8-7-11-19(14-16)22(26(3,24)25)15-20(23)21-17(2)12-13-18-9-5-4-6-10-18/h4-11,14,17H,12-13,15H2,1-3H3,(H,21,23). The fourth-order valence-electron chi connectivity index (χ4n) is 2.73. The van der Waals surface area contributed by atoms with E-state index in [1.54, 1.807) is 18.2 Å². The van der Waals surface area contributed by atoms with Crippen molar-refractivity contribution < 1.29 is 13.2 Å². The van der Waals surface area contributed by atoms with Gasteiger partial charge in [0, 0.05) is 6.04 Å². The first-order chi connectivity index (χ1) is 12.3. The Balaban J connectivity index is 1.96. The van der Waals surface area contributed by atoms with Crippen LogP contribution in [-0.4, -0.2) is 33.2 Å². The van der Waals surface area contributed by atoms with Crippen LogP contribution in [0.2, 0.25) is 0 Å². The van der Waals surface area contributed by atoms with Crippen molar-refractivity contribution in [2.45, 2.75) is 32.7 Å². The van der Waals surface area contributed by atoms with Crippen LogP contribution in [0.15, 0.2) is 54.6 Å². The molecule has 0 aliphatic carbocycles. The Morgan fingerprint density at radius 2 is 1.81 bits per heavy atom. The van der Waals surface area contributed by atoms with Crippen molar-refractivity contribution in [3.8, 4) is 0 Å². The summed E-state index contributed by atoms with van der Waals surface area (Å²) < 4.78 is 25.4. The predicted molar refractivity (Wildman–Crippen MR) is 106 cm³/mol. The molecule has 0 aromatic heterocycles. The predicted octanol–water partition coefficient (Wildman–Crippen LogP) is 2.90. The number of carbonyl (C=O) groups is 1. The Labute approximate surface area is 156 Å². The Kier molecular flexibility index (Phi) is 6.80. The minimum Gasteiger partial charge on any atom is -0.352 e. The fourth-order valence-corrected chi connectivity index (χ4v) is 3.58. The average molecular weight is 375 g/mol. The van der Waals surface area contributed by atoms with Crippen molar-refractivity contribution in [1.29, 1.82) is 0 Å². The first kappa shape index (κ1) is 20.0. The van der Waals surface area contributed by atoms with E-state index in [1.165, 1.54) is 5.56 Å². The van der Waals surface area contributed by atoms with Gasteiger partial charge in [-0.1, -0.05) is 42.5 Å². The Bertz CT molecular complexity index is 835. The third-order valence-corrected chi connectivity index (χ3v) is 5.23. The van der Waals surface area contributed by atoms with E-state index in [4.69, 9.17) is 0 Å². The van der Waals surface area contributed by atoms with Crippen molar-refractivity contribution in [1.82, 2.24) is 5.32 Å². The monoisotopic (exact) mass is 374 g/mol. The van der Waals surface area contributed by atoms with Gasteiger partial charge in [0.1, 0.15) is 6.54 Å². The second-order valence-electron chi connectivity index (χ2n) is 6.60. The number of hydrogen-bond donors (Lipinski definition) is 1. The molecule has 0 spiro atoms. The van der Waals surface area contributed by atoms with Gasteiger partial charge in [-0.15, -0.1) is 0 Å². The molecule has 0 saturated heterocycles. The first-order valence-electron chi connectivity index (χ1n) is 8.63. The molecule has 0 aliphatic rings. The number of aryl methyl sites for hydroxylation is 2. The van der Waals surface area contributed by atoms with Crippen LogP contribution in [0.3, 0.4) is 0 Å². The lowest BCUT2D eigenvalue weighted by atomic mass is 10.1. The number of amides is 1. The molecule has 0 aliphatic heterocycles. The maximum absolute atomic E-state index is 12.4. The van der Waals surface area contributed by atoms with E-state index in [-0.39, 0.29) is 18.5 Å². The average Bonchev–Trinajstić information content (AvgIpc) is 2.58. The van der Waals surface area contributed by atoms with Crippen LogP contribution in [-0.2, 0) is 21.2 Å². The van der Waals surface area contributed by atoms with Gasteiger partial charge in [-0.05, 0) is 49.9 Å². The normalized spacial score (nSPS) is 12.4. The number of carbonyl (C=O) groups excluding carboxylic acids is 1. The van der Waals surface area contributed by atoms with Crippen LogP contribution < -0.4 is 9.62 Å². The van der Waals surface area contributed by atoms with Crippen molar-refractivity contribution in [3.05, 3.63) is 65.7 Å². The summed E-state index contributed by atoms with van der Waals surface area (Å²) in [6.45, 7) is 3.59. The van der Waals surface area contributed by atoms with Gasteiger partial charge < -0.3 is 5.32 Å². The number of hydrogen-bond acceptors (Lipinski definition) is 3. The van der Waals surface area contributed by atoms with E-state index >= 15 is 0 Å². The number of sulfonamides is 1. The van der Waals surface area contributed by atoms with Crippen LogP contribution in [0.4, 0.5) is 5.69 Å². The lowest BCUT2D eigenvalue weighted by Gasteiger charge is -2.23. The zero-order chi connectivity index (χ0) is 19.2. The molecule has 1 amide bonds. The summed E-state index contributed by atoms with van der Waals surface area (Å²) in [5.41, 5.74) is 2.65. The highest BCUT2D eigenvalue weighted by Gasteiger charge is 2.21. The summed E-state index contributed by atoms with van der Waals surface area (Å²) >= 11 is 0. The van der Waals surface area contributed by atoms with E-state index in [0.717, 1.165) is 29.0 Å². The van der Waals surface area contributed by atoms with Crippen molar-refractivity contribution in [3.63, 3.8) is 0 Å². The molecule has 0 radical (unpaired) electrons. The zero-order valence-corrected chi connectivity index (χ0v) is 16.3. The number of benzene rings is 2. The molecular formula is C20H26N2O3S. The van der Waals surface area contributed by atoms with E-state index in [1.807, 2.05) is 38.1 Å². The maximum Gasteiger partial charge on any atom is 0.240 e. The molecule has 26 heavy (non-hydrogen) atoms. The molecule has 0 saturated carbocycles. The number of rotatable bonds is 8. The summed E-state index contributed by atoms with van der Waals surface area (Å²) in [6.07, 6.45) is 2.76. The van der Waals surface area contributed by atoms with Crippen molar-refractivity contribution in [2.24, 2.45) is 0 Å². The molecule has 2 rings (SSSR count). The van der Waals surface area contributed by atoms with Crippen LogP contribution in [0.5, 0.6) is 0 Å². The molecular weight excluding hydrogens is 348 g/mol. The fraction of sp³-hybridized carbons (Fsp3) is 0.350. The highest BCUT2D eigenvalue weighted by Crippen LogP contribution is 2.18. The summed E-state index contributed by atoms with van der Waals surface area (Å²) in [4.78, 5) is 12.4. The molecule has 1 unspecified atom stereocenters. The highest BCUT2D eigenvalue weighted by atomic mass is 32.2. The van der Waals surface area contributed by atoms with E-state index in [9.17, 15) is 13.2 Å². The van der Waals surface area contributed by atoms with Crippen LogP contribution >= 0.6 is 0 Å². The molecule has 140 valence electrons. The molecule has 2 aromatic carbocycles. The van der Waals surface area contributed by atoms with Gasteiger partial charge >= 0.3 is 0 Å². The molecule has 0 bridgehead atoms. The number of nitrogens with one attached hydrogen (secondary N) is 1. The SMILES string of the molecule is Cc1cccc(N(CC(=O)NC(C)CCc2ccccc2)S(C)(=O)=O)c1. The lowest BCUT2D eigenvalue weighted by molar-refractivity contribution is -0.120. The van der Waals surface area contributed by atoms with E-state index in [2.05, 4.69) is 17.4 Å². The third kappa shape index (κ3) is 6.19. The van der Waals surface area contributed by atoms with Gasteiger partial charge in [0.25, 0.3) is 0 Å². The highest BCUT2D eigenvalue weighted by molar-refractivity contribution is 7.92. The first-order valence-corrected chi connectivity index (χ1v) is 10.5. The number of nitrogens with zero attached hydrogens (tertiary/aromatic N) is 1. The third-order valence-electron chi connectivity index (χ3n) is 4.09. The lowest BCUT2D eigenvalue weighted by Crippen LogP contribution is -2.43. The van der Waals surface area contributed by atoms with Crippen LogP contribution in [0, 0.1) is 6.92 Å². The Morgan fingerprint density at radius 3 is 2.42 bits per heavy atom. The summed E-state index contributed by atoms with van der Waals surface area (Å²) in [7, 11) is -3.55. The minimum atomic E-state index is -3.55. The van der Waals surface area contributed by atoms with Gasteiger partial charge in [0.15, 0.2) is 0 Å². The molecule has 0 heterocycles. The molecule has 5 nitrogen and oxygen atoms in total. The molecule has 1 atom stereocenters. The van der Waals surface area contributed by atoms with Crippen molar-refractivity contribution >= 4 is 21.6 Å². The van der Waals surface area contributed by atoms with Gasteiger partial charge in [0.05, 0.1) is 11.9 Å². The second kappa shape index (κ2) is 8.85. The smallest absolute Gasteiger partial charge is 0.240 e.